The van der Waals surface area contributed by atoms with Crippen molar-refractivity contribution < 1.29 is 14.8 Å². The molecule has 7 heteroatoms. The molecule has 0 aromatic heterocycles. The Balaban J connectivity index is 1.89. The summed E-state index contributed by atoms with van der Waals surface area (Å²) in [5.74, 6) is 0.200. The van der Waals surface area contributed by atoms with Crippen LogP contribution in [-0.4, -0.2) is 40.2 Å². The van der Waals surface area contributed by atoms with Crippen molar-refractivity contribution in [2.24, 2.45) is 5.92 Å². The number of amides is 2. The molecule has 0 spiro atoms. The Morgan fingerprint density at radius 2 is 2.33 bits per heavy atom. The molecule has 1 aromatic carbocycles. The zero-order chi connectivity index (χ0) is 15.4. The van der Waals surface area contributed by atoms with E-state index in [4.69, 9.17) is 0 Å². The number of hydrogen-bond acceptors (Lipinski definition) is 4. The fraction of sp³-hybridized carbons (Fsp3) is 0.500. The van der Waals surface area contributed by atoms with Crippen molar-refractivity contribution in [2.75, 3.05) is 13.1 Å². The summed E-state index contributed by atoms with van der Waals surface area (Å²) in [7, 11) is 0. The highest BCUT2D eigenvalue weighted by Crippen LogP contribution is 2.17. The number of piperidine rings is 1. The number of nitrogens with one attached hydrogen (secondary N) is 1. The number of nitro groups is 1. The van der Waals surface area contributed by atoms with Crippen molar-refractivity contribution in [3.05, 3.63) is 39.9 Å². The standard InChI is InChI=1S/C14H19N3O4/c1-10-5-6-16(9-13(10)18)14(19)15-8-11-3-2-4-12(7-11)17(20)21/h2-4,7,10,13,18H,5-6,8-9H2,1H3,(H,15,19). The number of rotatable bonds is 3. The summed E-state index contributed by atoms with van der Waals surface area (Å²) in [5, 5.41) is 23.2. The molecule has 2 rings (SSSR count). The number of hydrogen-bond donors (Lipinski definition) is 2. The van der Waals surface area contributed by atoms with Crippen LogP contribution in [0.15, 0.2) is 24.3 Å². The summed E-state index contributed by atoms with van der Waals surface area (Å²) in [5.41, 5.74) is 0.674. The molecule has 114 valence electrons. The molecule has 1 saturated heterocycles. The van der Waals surface area contributed by atoms with Gasteiger partial charge in [0, 0.05) is 31.8 Å². The number of nitro benzene ring substituents is 1. The number of nitrogens with zero attached hydrogens (tertiary/aromatic N) is 2. The Labute approximate surface area is 122 Å². The molecular weight excluding hydrogens is 274 g/mol. The number of carbonyl (C=O) groups is 1. The van der Waals surface area contributed by atoms with E-state index in [2.05, 4.69) is 5.32 Å². The minimum atomic E-state index is -0.498. The quantitative estimate of drug-likeness (QED) is 0.652. The minimum Gasteiger partial charge on any atom is -0.391 e. The molecule has 1 aliphatic heterocycles. The first-order chi connectivity index (χ1) is 9.97. The van der Waals surface area contributed by atoms with Crippen molar-refractivity contribution in [1.29, 1.82) is 0 Å². The third-order valence-corrected chi connectivity index (χ3v) is 3.77. The molecule has 2 unspecified atom stereocenters. The van der Waals surface area contributed by atoms with Crippen LogP contribution in [0.3, 0.4) is 0 Å². The van der Waals surface area contributed by atoms with Gasteiger partial charge in [-0.3, -0.25) is 10.1 Å². The topological polar surface area (TPSA) is 95.7 Å². The van der Waals surface area contributed by atoms with Gasteiger partial charge in [0.05, 0.1) is 11.0 Å². The first kappa shape index (κ1) is 15.2. The number of aliphatic hydroxyl groups is 1. The van der Waals surface area contributed by atoms with E-state index in [1.54, 1.807) is 17.0 Å². The van der Waals surface area contributed by atoms with Gasteiger partial charge in [-0.1, -0.05) is 19.1 Å². The van der Waals surface area contributed by atoms with E-state index in [1.165, 1.54) is 12.1 Å². The largest absolute Gasteiger partial charge is 0.391 e. The molecule has 1 heterocycles. The van der Waals surface area contributed by atoms with Gasteiger partial charge in [0.15, 0.2) is 0 Å². The summed E-state index contributed by atoms with van der Waals surface area (Å²) in [6, 6.07) is 5.90. The van der Waals surface area contributed by atoms with E-state index >= 15 is 0 Å². The average molecular weight is 293 g/mol. The molecule has 2 N–H and O–H groups in total. The van der Waals surface area contributed by atoms with E-state index in [9.17, 15) is 20.0 Å². The molecule has 0 aliphatic carbocycles. The predicted octanol–water partition coefficient (Wildman–Crippen LogP) is 1.51. The second-order valence-corrected chi connectivity index (χ2v) is 5.37. The van der Waals surface area contributed by atoms with E-state index < -0.39 is 11.0 Å². The second kappa shape index (κ2) is 6.53. The molecule has 0 radical (unpaired) electrons. The monoisotopic (exact) mass is 293 g/mol. The summed E-state index contributed by atoms with van der Waals surface area (Å²) >= 11 is 0. The van der Waals surface area contributed by atoms with E-state index in [0.29, 0.717) is 18.7 Å². The molecule has 1 aliphatic rings. The lowest BCUT2D eigenvalue weighted by molar-refractivity contribution is -0.384. The van der Waals surface area contributed by atoms with Crippen LogP contribution in [-0.2, 0) is 6.54 Å². The normalized spacial score (nSPS) is 21.9. The molecule has 7 nitrogen and oxygen atoms in total. The maximum atomic E-state index is 12.0. The predicted molar refractivity (Wildman–Crippen MR) is 76.7 cm³/mol. The average Bonchev–Trinajstić information content (AvgIpc) is 2.48. The van der Waals surface area contributed by atoms with Gasteiger partial charge in [-0.25, -0.2) is 4.79 Å². The number of non-ortho nitro benzene ring substituents is 1. The van der Waals surface area contributed by atoms with Gasteiger partial charge in [0.2, 0.25) is 0 Å². The van der Waals surface area contributed by atoms with Crippen molar-refractivity contribution in [3.8, 4) is 0 Å². The molecule has 1 fully saturated rings. The van der Waals surface area contributed by atoms with Crippen molar-refractivity contribution >= 4 is 11.7 Å². The van der Waals surface area contributed by atoms with E-state index in [-0.39, 0.29) is 24.2 Å². The fourth-order valence-corrected chi connectivity index (χ4v) is 2.30. The number of carbonyl (C=O) groups excluding carboxylic acids is 1. The van der Waals surface area contributed by atoms with Gasteiger partial charge in [0.25, 0.3) is 5.69 Å². The SMILES string of the molecule is CC1CCN(C(=O)NCc2cccc([N+](=O)[O-])c2)CC1O. The number of urea groups is 1. The molecule has 21 heavy (non-hydrogen) atoms. The maximum Gasteiger partial charge on any atom is 0.317 e. The van der Waals surface area contributed by atoms with E-state index in [0.717, 1.165) is 6.42 Å². The third kappa shape index (κ3) is 3.91. The van der Waals surface area contributed by atoms with Crippen LogP contribution in [0.25, 0.3) is 0 Å². The smallest absolute Gasteiger partial charge is 0.317 e. The molecule has 2 atom stereocenters. The van der Waals surface area contributed by atoms with Crippen LogP contribution in [0, 0.1) is 16.0 Å². The third-order valence-electron chi connectivity index (χ3n) is 3.77. The molecule has 0 bridgehead atoms. The lowest BCUT2D eigenvalue weighted by Crippen LogP contribution is -2.49. The minimum absolute atomic E-state index is 0.00367. The lowest BCUT2D eigenvalue weighted by Gasteiger charge is -2.34. The van der Waals surface area contributed by atoms with Crippen LogP contribution in [0.1, 0.15) is 18.9 Å². The van der Waals surface area contributed by atoms with Crippen LogP contribution in [0.2, 0.25) is 0 Å². The summed E-state index contributed by atoms with van der Waals surface area (Å²) in [6.45, 7) is 3.12. The highest BCUT2D eigenvalue weighted by molar-refractivity contribution is 5.74. The first-order valence-corrected chi connectivity index (χ1v) is 6.91. The Bertz CT molecular complexity index is 535. The van der Waals surface area contributed by atoms with E-state index in [1.807, 2.05) is 6.92 Å². The summed E-state index contributed by atoms with van der Waals surface area (Å²) in [6.07, 6.45) is 0.271. The first-order valence-electron chi connectivity index (χ1n) is 6.91. The summed E-state index contributed by atoms with van der Waals surface area (Å²) in [4.78, 5) is 23.8. The Morgan fingerprint density at radius 3 is 3.00 bits per heavy atom. The van der Waals surface area contributed by atoms with Crippen molar-refractivity contribution in [3.63, 3.8) is 0 Å². The van der Waals surface area contributed by atoms with Crippen LogP contribution < -0.4 is 5.32 Å². The molecular formula is C14H19N3O4. The zero-order valence-corrected chi connectivity index (χ0v) is 11.9. The number of benzene rings is 1. The number of likely N-dealkylation sites (tertiary alicyclic amines) is 1. The van der Waals surface area contributed by atoms with Gasteiger partial charge in [-0.05, 0) is 17.9 Å². The second-order valence-electron chi connectivity index (χ2n) is 5.37. The fourth-order valence-electron chi connectivity index (χ4n) is 2.30. The van der Waals surface area contributed by atoms with Crippen LogP contribution in [0.4, 0.5) is 10.5 Å². The Kier molecular flexibility index (Phi) is 4.74. The molecule has 0 saturated carbocycles. The number of β-amino-alcohol motifs (C(OH)–C–C–N with tert-alkyl or cyclic N) is 1. The van der Waals surface area contributed by atoms with Gasteiger partial charge in [-0.2, -0.15) is 0 Å². The van der Waals surface area contributed by atoms with Crippen LogP contribution >= 0.6 is 0 Å². The Morgan fingerprint density at radius 1 is 1.57 bits per heavy atom. The summed E-state index contributed by atoms with van der Waals surface area (Å²) < 4.78 is 0. The van der Waals surface area contributed by atoms with Gasteiger partial charge in [0.1, 0.15) is 0 Å². The van der Waals surface area contributed by atoms with Gasteiger partial charge in [-0.15, -0.1) is 0 Å². The zero-order valence-electron chi connectivity index (χ0n) is 11.9. The highest BCUT2D eigenvalue weighted by Gasteiger charge is 2.27. The number of aliphatic hydroxyl groups excluding tert-OH is 1. The van der Waals surface area contributed by atoms with Gasteiger partial charge >= 0.3 is 6.03 Å². The van der Waals surface area contributed by atoms with Crippen molar-refractivity contribution in [1.82, 2.24) is 10.2 Å². The maximum absolute atomic E-state index is 12.0. The Hall–Kier alpha value is -2.15. The van der Waals surface area contributed by atoms with Crippen molar-refractivity contribution in [2.45, 2.75) is 26.0 Å². The van der Waals surface area contributed by atoms with Crippen LogP contribution in [0.5, 0.6) is 0 Å². The highest BCUT2D eigenvalue weighted by atomic mass is 16.6. The molecule has 1 aromatic rings. The van der Waals surface area contributed by atoms with Gasteiger partial charge < -0.3 is 15.3 Å². The molecule has 2 amide bonds. The lowest BCUT2D eigenvalue weighted by atomic mass is 9.96.